The number of benzene rings is 1. The molecule has 0 saturated heterocycles. The zero-order chi connectivity index (χ0) is 17.2. The standard InChI is InChI=1S/C19H23ClN2O2/c1-22-12-4-5-16(22)17(23)13-21-18(24)19(10-2-3-11-19)14-6-8-15(20)9-7-14/h4-9,12,17,23H,2-3,10-11,13H2,1H3,(H,21,24). The lowest BCUT2D eigenvalue weighted by molar-refractivity contribution is -0.127. The summed E-state index contributed by atoms with van der Waals surface area (Å²) in [6, 6.07) is 11.3. The van der Waals surface area contributed by atoms with E-state index in [0.717, 1.165) is 36.9 Å². The van der Waals surface area contributed by atoms with Crippen LogP contribution in [0.15, 0.2) is 42.6 Å². The minimum absolute atomic E-state index is 0.00409. The fraction of sp³-hybridized carbons (Fsp3) is 0.421. The molecule has 1 aliphatic carbocycles. The van der Waals surface area contributed by atoms with Crippen molar-refractivity contribution < 1.29 is 9.90 Å². The summed E-state index contributed by atoms with van der Waals surface area (Å²) >= 11 is 5.98. The third kappa shape index (κ3) is 3.21. The van der Waals surface area contributed by atoms with E-state index >= 15 is 0 Å². The number of halogens is 1. The first-order chi connectivity index (χ1) is 11.5. The van der Waals surface area contributed by atoms with Crippen molar-refractivity contribution in [1.29, 1.82) is 0 Å². The molecular weight excluding hydrogens is 324 g/mol. The molecule has 0 aliphatic heterocycles. The van der Waals surface area contributed by atoms with Gasteiger partial charge >= 0.3 is 0 Å². The summed E-state index contributed by atoms with van der Waals surface area (Å²) in [6.07, 6.45) is 4.92. The molecule has 2 aromatic rings. The van der Waals surface area contributed by atoms with E-state index in [1.165, 1.54) is 0 Å². The van der Waals surface area contributed by atoms with E-state index in [1.54, 1.807) is 0 Å². The van der Waals surface area contributed by atoms with Crippen LogP contribution < -0.4 is 5.32 Å². The first kappa shape index (κ1) is 17.1. The van der Waals surface area contributed by atoms with E-state index in [1.807, 2.05) is 54.2 Å². The Morgan fingerprint density at radius 2 is 1.96 bits per heavy atom. The molecule has 1 amide bonds. The zero-order valence-electron chi connectivity index (χ0n) is 13.8. The maximum Gasteiger partial charge on any atom is 0.230 e. The van der Waals surface area contributed by atoms with E-state index in [0.29, 0.717) is 5.02 Å². The molecule has 1 aromatic carbocycles. The minimum atomic E-state index is -0.711. The fourth-order valence-corrected chi connectivity index (χ4v) is 3.80. The highest BCUT2D eigenvalue weighted by Gasteiger charge is 2.42. The number of amides is 1. The average molecular weight is 347 g/mol. The second-order valence-corrected chi connectivity index (χ2v) is 7.00. The Morgan fingerprint density at radius 1 is 1.29 bits per heavy atom. The van der Waals surface area contributed by atoms with Crippen LogP contribution in [0.2, 0.25) is 5.02 Å². The van der Waals surface area contributed by atoms with Gasteiger partial charge in [0.1, 0.15) is 6.10 Å². The van der Waals surface area contributed by atoms with Crippen LogP contribution in [0.25, 0.3) is 0 Å². The van der Waals surface area contributed by atoms with Crippen LogP contribution in [0.5, 0.6) is 0 Å². The van der Waals surface area contributed by atoms with Crippen LogP contribution in [-0.2, 0) is 17.3 Å². The van der Waals surface area contributed by atoms with E-state index in [2.05, 4.69) is 5.32 Å². The van der Waals surface area contributed by atoms with Gasteiger partial charge < -0.3 is 15.0 Å². The van der Waals surface area contributed by atoms with Crippen LogP contribution in [0.4, 0.5) is 0 Å². The van der Waals surface area contributed by atoms with Crippen molar-refractivity contribution in [2.75, 3.05) is 6.54 Å². The second kappa shape index (κ2) is 6.99. The van der Waals surface area contributed by atoms with Gasteiger partial charge in [0.15, 0.2) is 0 Å². The quantitative estimate of drug-likeness (QED) is 0.872. The number of rotatable bonds is 5. The molecule has 128 valence electrons. The summed E-state index contributed by atoms with van der Waals surface area (Å²) in [7, 11) is 1.88. The average Bonchev–Trinajstić information content (AvgIpc) is 3.23. The van der Waals surface area contributed by atoms with Gasteiger partial charge in [0.2, 0.25) is 5.91 Å². The maximum absolute atomic E-state index is 12.9. The van der Waals surface area contributed by atoms with Gasteiger partial charge in [-0.2, -0.15) is 0 Å². The Bertz CT molecular complexity index is 702. The molecule has 1 heterocycles. The normalized spacial score (nSPS) is 17.6. The summed E-state index contributed by atoms with van der Waals surface area (Å²) in [6.45, 7) is 0.214. The fourth-order valence-electron chi connectivity index (χ4n) is 3.68. The van der Waals surface area contributed by atoms with Crippen LogP contribution in [0, 0.1) is 0 Å². The Labute approximate surface area is 147 Å². The van der Waals surface area contributed by atoms with Crippen molar-refractivity contribution in [3.63, 3.8) is 0 Å². The lowest BCUT2D eigenvalue weighted by atomic mass is 9.78. The molecule has 1 atom stereocenters. The summed E-state index contributed by atoms with van der Waals surface area (Å²) < 4.78 is 1.86. The van der Waals surface area contributed by atoms with Crippen molar-refractivity contribution in [2.45, 2.75) is 37.2 Å². The summed E-state index contributed by atoms with van der Waals surface area (Å²) in [5.74, 6) is -0.00409. The Balaban J connectivity index is 1.73. The molecule has 24 heavy (non-hydrogen) atoms. The number of aliphatic hydroxyl groups excluding tert-OH is 1. The van der Waals surface area contributed by atoms with E-state index < -0.39 is 11.5 Å². The first-order valence-electron chi connectivity index (χ1n) is 8.36. The van der Waals surface area contributed by atoms with Crippen LogP contribution in [-0.4, -0.2) is 22.1 Å². The molecule has 1 aliphatic rings. The number of carbonyl (C=O) groups excluding carboxylic acids is 1. The van der Waals surface area contributed by atoms with E-state index in [-0.39, 0.29) is 12.5 Å². The molecular formula is C19H23ClN2O2. The van der Waals surface area contributed by atoms with Crippen molar-refractivity contribution in [1.82, 2.24) is 9.88 Å². The molecule has 0 bridgehead atoms. The predicted molar refractivity (Wildman–Crippen MR) is 95.0 cm³/mol. The number of aryl methyl sites for hydroxylation is 1. The Morgan fingerprint density at radius 3 is 2.54 bits per heavy atom. The third-order valence-electron chi connectivity index (χ3n) is 5.07. The summed E-state index contributed by atoms with van der Waals surface area (Å²) in [5.41, 5.74) is 1.30. The number of carbonyl (C=O) groups is 1. The van der Waals surface area contributed by atoms with Crippen LogP contribution >= 0.6 is 11.6 Å². The Kier molecular flexibility index (Phi) is 4.97. The number of nitrogens with one attached hydrogen (secondary N) is 1. The van der Waals surface area contributed by atoms with Crippen molar-refractivity contribution in [3.05, 3.63) is 58.9 Å². The molecule has 1 unspecified atom stereocenters. The number of nitrogens with zero attached hydrogens (tertiary/aromatic N) is 1. The molecule has 1 fully saturated rings. The van der Waals surface area contributed by atoms with Gasteiger partial charge in [0.25, 0.3) is 0 Å². The highest BCUT2D eigenvalue weighted by molar-refractivity contribution is 6.30. The van der Waals surface area contributed by atoms with Crippen LogP contribution in [0.3, 0.4) is 0 Å². The monoisotopic (exact) mass is 346 g/mol. The SMILES string of the molecule is Cn1cccc1C(O)CNC(=O)C1(c2ccc(Cl)cc2)CCCC1. The van der Waals surface area contributed by atoms with E-state index in [9.17, 15) is 9.90 Å². The van der Waals surface area contributed by atoms with Gasteiger partial charge in [-0.1, -0.05) is 36.6 Å². The molecule has 1 aromatic heterocycles. The topological polar surface area (TPSA) is 54.3 Å². The second-order valence-electron chi connectivity index (χ2n) is 6.57. The molecule has 5 heteroatoms. The number of hydrogen-bond acceptors (Lipinski definition) is 2. The lowest BCUT2D eigenvalue weighted by Gasteiger charge is -2.29. The Hall–Kier alpha value is -1.78. The molecule has 0 radical (unpaired) electrons. The largest absolute Gasteiger partial charge is 0.385 e. The molecule has 1 saturated carbocycles. The third-order valence-corrected chi connectivity index (χ3v) is 5.32. The number of aromatic nitrogens is 1. The molecule has 2 N–H and O–H groups in total. The van der Waals surface area contributed by atoms with Crippen molar-refractivity contribution in [2.24, 2.45) is 7.05 Å². The van der Waals surface area contributed by atoms with Gasteiger partial charge in [0, 0.05) is 30.5 Å². The van der Waals surface area contributed by atoms with E-state index in [4.69, 9.17) is 11.6 Å². The van der Waals surface area contributed by atoms with Gasteiger partial charge in [-0.3, -0.25) is 4.79 Å². The summed E-state index contributed by atoms with van der Waals surface area (Å²) in [5, 5.41) is 14.0. The van der Waals surface area contributed by atoms with Crippen molar-refractivity contribution >= 4 is 17.5 Å². The highest BCUT2D eigenvalue weighted by Crippen LogP contribution is 2.41. The molecule has 0 spiro atoms. The van der Waals surface area contributed by atoms with Gasteiger partial charge in [-0.25, -0.2) is 0 Å². The number of aliphatic hydroxyl groups is 1. The molecule has 4 nitrogen and oxygen atoms in total. The zero-order valence-corrected chi connectivity index (χ0v) is 14.6. The highest BCUT2D eigenvalue weighted by atomic mass is 35.5. The molecule has 3 rings (SSSR count). The minimum Gasteiger partial charge on any atom is -0.385 e. The summed E-state index contributed by atoms with van der Waals surface area (Å²) in [4.78, 5) is 12.9. The predicted octanol–water partition coefficient (Wildman–Crippen LogP) is 3.34. The lowest BCUT2D eigenvalue weighted by Crippen LogP contribution is -2.44. The van der Waals surface area contributed by atoms with Crippen LogP contribution in [0.1, 0.15) is 43.0 Å². The number of hydrogen-bond donors (Lipinski definition) is 2. The van der Waals surface area contributed by atoms with Crippen molar-refractivity contribution in [3.8, 4) is 0 Å². The van der Waals surface area contributed by atoms with Gasteiger partial charge in [-0.15, -0.1) is 0 Å². The first-order valence-corrected chi connectivity index (χ1v) is 8.74. The maximum atomic E-state index is 12.9. The van der Waals surface area contributed by atoms with Gasteiger partial charge in [0.05, 0.1) is 5.41 Å². The smallest absolute Gasteiger partial charge is 0.230 e. The van der Waals surface area contributed by atoms with Gasteiger partial charge in [-0.05, 0) is 42.7 Å².